The molecule has 0 aromatic heterocycles. The standard InChI is InChI=1S/C12H12F2N2O5/c1-2-6(5-9(17)18)15-12(19)10-7(13)3-4-8(11(10)14)16(20)21/h3-4,6H,2,5H2,1H3,(H,15,19)(H,17,18). The van der Waals surface area contributed by atoms with Crippen LogP contribution in [-0.4, -0.2) is 27.9 Å². The number of aliphatic carboxylic acids is 1. The molecule has 0 saturated heterocycles. The largest absolute Gasteiger partial charge is 0.481 e. The number of benzene rings is 1. The van der Waals surface area contributed by atoms with Gasteiger partial charge < -0.3 is 10.4 Å². The summed E-state index contributed by atoms with van der Waals surface area (Å²) in [6.45, 7) is 1.58. The summed E-state index contributed by atoms with van der Waals surface area (Å²) in [7, 11) is 0. The second-order valence-corrected chi connectivity index (χ2v) is 4.19. The van der Waals surface area contributed by atoms with Gasteiger partial charge in [0.15, 0.2) is 0 Å². The highest BCUT2D eigenvalue weighted by molar-refractivity contribution is 5.95. The zero-order valence-electron chi connectivity index (χ0n) is 10.9. The van der Waals surface area contributed by atoms with E-state index in [9.17, 15) is 28.5 Å². The Morgan fingerprint density at radius 1 is 1.43 bits per heavy atom. The zero-order valence-corrected chi connectivity index (χ0v) is 10.9. The lowest BCUT2D eigenvalue weighted by Gasteiger charge is -2.15. The molecule has 0 aliphatic heterocycles. The third-order valence-electron chi connectivity index (χ3n) is 2.74. The minimum Gasteiger partial charge on any atom is -0.481 e. The first kappa shape index (κ1) is 16.5. The van der Waals surface area contributed by atoms with Crippen molar-refractivity contribution in [1.82, 2.24) is 5.32 Å². The van der Waals surface area contributed by atoms with E-state index in [0.29, 0.717) is 12.1 Å². The highest BCUT2D eigenvalue weighted by Gasteiger charge is 2.27. The van der Waals surface area contributed by atoms with Crippen LogP contribution in [0.5, 0.6) is 0 Å². The maximum Gasteiger partial charge on any atom is 0.305 e. The lowest BCUT2D eigenvalue weighted by molar-refractivity contribution is -0.387. The molecule has 2 N–H and O–H groups in total. The van der Waals surface area contributed by atoms with Gasteiger partial charge in [-0.25, -0.2) is 4.39 Å². The van der Waals surface area contributed by atoms with Crippen molar-refractivity contribution in [3.05, 3.63) is 39.4 Å². The highest BCUT2D eigenvalue weighted by atomic mass is 19.1. The predicted octanol–water partition coefficient (Wildman–Crippen LogP) is 1.86. The van der Waals surface area contributed by atoms with Crippen molar-refractivity contribution in [3.63, 3.8) is 0 Å². The van der Waals surface area contributed by atoms with Gasteiger partial charge in [-0.15, -0.1) is 0 Å². The molecule has 114 valence electrons. The zero-order chi connectivity index (χ0) is 16.2. The summed E-state index contributed by atoms with van der Waals surface area (Å²) in [5.41, 5.74) is -2.14. The predicted molar refractivity (Wildman–Crippen MR) is 66.8 cm³/mol. The Labute approximate surface area is 117 Å². The Morgan fingerprint density at radius 3 is 2.52 bits per heavy atom. The molecule has 0 aliphatic rings. The van der Waals surface area contributed by atoms with Crippen LogP contribution in [0.4, 0.5) is 14.5 Å². The molecule has 0 heterocycles. The number of carboxylic acids is 1. The van der Waals surface area contributed by atoms with Gasteiger partial charge in [-0.1, -0.05) is 6.92 Å². The lowest BCUT2D eigenvalue weighted by Crippen LogP contribution is -2.37. The van der Waals surface area contributed by atoms with E-state index >= 15 is 0 Å². The van der Waals surface area contributed by atoms with Gasteiger partial charge in [-0.05, 0) is 12.5 Å². The second-order valence-electron chi connectivity index (χ2n) is 4.19. The number of carbonyl (C=O) groups is 2. The monoisotopic (exact) mass is 302 g/mol. The van der Waals surface area contributed by atoms with Gasteiger partial charge >= 0.3 is 11.7 Å². The van der Waals surface area contributed by atoms with E-state index in [1.807, 2.05) is 0 Å². The minimum atomic E-state index is -1.59. The number of nitro benzene ring substituents is 1. The lowest BCUT2D eigenvalue weighted by atomic mass is 10.1. The Hall–Kier alpha value is -2.58. The van der Waals surface area contributed by atoms with Crippen molar-refractivity contribution in [3.8, 4) is 0 Å². The van der Waals surface area contributed by atoms with Gasteiger partial charge in [0.1, 0.15) is 11.4 Å². The van der Waals surface area contributed by atoms with Crippen LogP contribution in [-0.2, 0) is 4.79 Å². The molecule has 0 fully saturated rings. The Morgan fingerprint density at radius 2 is 2.05 bits per heavy atom. The van der Waals surface area contributed by atoms with Crippen LogP contribution in [0.1, 0.15) is 30.1 Å². The summed E-state index contributed by atoms with van der Waals surface area (Å²) < 4.78 is 27.3. The van der Waals surface area contributed by atoms with Crippen LogP contribution >= 0.6 is 0 Å². The molecule has 1 unspecified atom stereocenters. The highest BCUT2D eigenvalue weighted by Crippen LogP contribution is 2.23. The average molecular weight is 302 g/mol. The van der Waals surface area contributed by atoms with Crippen molar-refractivity contribution in [2.75, 3.05) is 0 Å². The summed E-state index contributed by atoms with van der Waals surface area (Å²) in [5, 5.41) is 21.3. The van der Waals surface area contributed by atoms with E-state index in [0.717, 1.165) is 0 Å². The van der Waals surface area contributed by atoms with Crippen LogP contribution < -0.4 is 5.32 Å². The molecule has 0 bridgehead atoms. The quantitative estimate of drug-likeness (QED) is 0.615. The number of carbonyl (C=O) groups excluding carboxylic acids is 1. The number of hydrogen-bond acceptors (Lipinski definition) is 4. The number of nitrogens with one attached hydrogen (secondary N) is 1. The van der Waals surface area contributed by atoms with Gasteiger partial charge in [0.25, 0.3) is 5.91 Å². The van der Waals surface area contributed by atoms with E-state index in [4.69, 9.17) is 5.11 Å². The molecular formula is C12H12F2N2O5. The molecule has 21 heavy (non-hydrogen) atoms. The van der Waals surface area contributed by atoms with Crippen molar-refractivity contribution in [1.29, 1.82) is 0 Å². The smallest absolute Gasteiger partial charge is 0.305 e. The number of halogens is 2. The molecule has 1 aromatic rings. The van der Waals surface area contributed by atoms with Gasteiger partial charge in [-0.2, -0.15) is 4.39 Å². The first-order chi connectivity index (χ1) is 9.77. The Kier molecular flexibility index (Phi) is 5.28. The van der Waals surface area contributed by atoms with E-state index < -0.39 is 52.1 Å². The van der Waals surface area contributed by atoms with E-state index in [-0.39, 0.29) is 6.42 Å². The van der Waals surface area contributed by atoms with Crippen LogP contribution in [0.3, 0.4) is 0 Å². The third kappa shape index (κ3) is 3.94. The molecule has 1 rings (SSSR count). The van der Waals surface area contributed by atoms with Gasteiger partial charge in [-0.3, -0.25) is 19.7 Å². The number of nitro groups is 1. The molecule has 7 nitrogen and oxygen atoms in total. The maximum absolute atomic E-state index is 13.8. The van der Waals surface area contributed by atoms with Crippen LogP contribution in [0.2, 0.25) is 0 Å². The molecule has 0 radical (unpaired) electrons. The second kappa shape index (κ2) is 6.73. The maximum atomic E-state index is 13.8. The molecule has 0 saturated carbocycles. The number of rotatable bonds is 6. The molecule has 0 spiro atoms. The van der Waals surface area contributed by atoms with E-state index in [1.165, 1.54) is 0 Å². The Balaban J connectivity index is 3.09. The van der Waals surface area contributed by atoms with Gasteiger partial charge in [0.05, 0.1) is 11.3 Å². The molecular weight excluding hydrogens is 290 g/mol. The van der Waals surface area contributed by atoms with Crippen LogP contribution in [0.25, 0.3) is 0 Å². The molecule has 0 aliphatic carbocycles. The number of nitrogens with zero attached hydrogens (tertiary/aromatic N) is 1. The topological polar surface area (TPSA) is 110 Å². The van der Waals surface area contributed by atoms with E-state index in [2.05, 4.69) is 5.32 Å². The normalized spacial score (nSPS) is 11.8. The van der Waals surface area contributed by atoms with E-state index in [1.54, 1.807) is 6.92 Å². The molecule has 9 heteroatoms. The van der Waals surface area contributed by atoms with Crippen molar-refractivity contribution < 1.29 is 28.4 Å². The van der Waals surface area contributed by atoms with Crippen molar-refractivity contribution in [2.24, 2.45) is 0 Å². The number of carboxylic acid groups (broad SMARTS) is 1. The van der Waals surface area contributed by atoms with Crippen molar-refractivity contribution in [2.45, 2.75) is 25.8 Å². The van der Waals surface area contributed by atoms with Gasteiger partial charge in [0, 0.05) is 12.1 Å². The van der Waals surface area contributed by atoms with Crippen molar-refractivity contribution >= 4 is 17.6 Å². The fraction of sp³-hybridized carbons (Fsp3) is 0.333. The summed E-state index contributed by atoms with van der Waals surface area (Å²) in [6, 6.07) is 0.373. The average Bonchev–Trinajstić information content (AvgIpc) is 2.36. The summed E-state index contributed by atoms with van der Waals surface area (Å²) in [4.78, 5) is 31.9. The van der Waals surface area contributed by atoms with Crippen LogP contribution in [0, 0.1) is 21.7 Å². The third-order valence-corrected chi connectivity index (χ3v) is 2.74. The summed E-state index contributed by atoms with van der Waals surface area (Å²) in [5.74, 6) is -5.28. The summed E-state index contributed by atoms with van der Waals surface area (Å²) >= 11 is 0. The number of hydrogen-bond donors (Lipinski definition) is 2. The SMILES string of the molecule is CCC(CC(=O)O)NC(=O)c1c(F)ccc([N+](=O)[O-])c1F. The van der Waals surface area contributed by atoms with Crippen LogP contribution in [0.15, 0.2) is 12.1 Å². The fourth-order valence-corrected chi connectivity index (χ4v) is 1.66. The fourth-order valence-electron chi connectivity index (χ4n) is 1.66. The molecule has 1 amide bonds. The minimum absolute atomic E-state index is 0.218. The Bertz CT molecular complexity index is 591. The summed E-state index contributed by atoms with van der Waals surface area (Å²) in [6.07, 6.45) is -0.212. The first-order valence-electron chi connectivity index (χ1n) is 5.93. The van der Waals surface area contributed by atoms with Gasteiger partial charge in [0.2, 0.25) is 5.82 Å². The number of amides is 1. The molecule has 1 atom stereocenters. The molecule has 1 aromatic carbocycles. The first-order valence-corrected chi connectivity index (χ1v) is 5.93.